The highest BCUT2D eigenvalue weighted by molar-refractivity contribution is 5.94. The van der Waals surface area contributed by atoms with Crippen LogP contribution >= 0.6 is 0 Å². The number of nitrogens with one attached hydrogen (secondary N) is 2. The normalized spacial score (nSPS) is 10.6. The van der Waals surface area contributed by atoms with E-state index in [4.69, 9.17) is 0 Å². The first-order valence-electron chi connectivity index (χ1n) is 6.60. The Kier molecular flexibility index (Phi) is 3.46. The predicted molar refractivity (Wildman–Crippen MR) is 78.6 cm³/mol. The number of H-pyrrole nitrogens is 1. The van der Waals surface area contributed by atoms with E-state index in [1.807, 2.05) is 54.6 Å². The molecule has 2 N–H and O–H groups in total. The molecule has 4 nitrogen and oxygen atoms in total. The van der Waals surface area contributed by atoms with Crippen LogP contribution in [-0.2, 0) is 6.42 Å². The van der Waals surface area contributed by atoms with E-state index in [0.717, 1.165) is 17.5 Å². The van der Waals surface area contributed by atoms with Crippen LogP contribution in [0.3, 0.4) is 0 Å². The van der Waals surface area contributed by atoms with Gasteiger partial charge >= 0.3 is 0 Å². The molecule has 1 aromatic heterocycles. The molecule has 100 valence electrons. The molecule has 0 aliphatic heterocycles. The van der Waals surface area contributed by atoms with E-state index in [9.17, 15) is 4.79 Å². The average Bonchev–Trinajstić information content (AvgIpc) is 2.92. The predicted octanol–water partition coefficient (Wildman–Crippen LogP) is 2.54. The summed E-state index contributed by atoms with van der Waals surface area (Å²) in [6.45, 7) is 0.597. The number of nitrogens with zero attached hydrogens (tertiary/aromatic N) is 1. The van der Waals surface area contributed by atoms with Crippen LogP contribution in [-0.4, -0.2) is 22.4 Å². The minimum Gasteiger partial charge on any atom is -0.349 e. The number of fused-ring (bicyclic) bond motifs is 1. The number of rotatable bonds is 4. The summed E-state index contributed by atoms with van der Waals surface area (Å²) in [5.41, 5.74) is 2.89. The van der Waals surface area contributed by atoms with Gasteiger partial charge in [0.25, 0.3) is 5.91 Å². The van der Waals surface area contributed by atoms with Gasteiger partial charge in [0, 0.05) is 6.54 Å². The highest BCUT2D eigenvalue weighted by atomic mass is 16.2. The minimum absolute atomic E-state index is 0.169. The fourth-order valence-electron chi connectivity index (χ4n) is 2.11. The Labute approximate surface area is 116 Å². The molecule has 0 aliphatic rings. The third-order valence-corrected chi connectivity index (χ3v) is 3.15. The van der Waals surface area contributed by atoms with E-state index < -0.39 is 0 Å². The van der Waals surface area contributed by atoms with Gasteiger partial charge in [-0.3, -0.25) is 4.79 Å². The maximum Gasteiger partial charge on any atom is 0.287 e. The number of carbonyl (C=O) groups excluding carboxylic acids is 1. The van der Waals surface area contributed by atoms with Gasteiger partial charge in [0.15, 0.2) is 5.82 Å². The van der Waals surface area contributed by atoms with Crippen molar-refractivity contribution in [3.63, 3.8) is 0 Å². The number of benzene rings is 2. The van der Waals surface area contributed by atoms with Crippen molar-refractivity contribution in [2.75, 3.05) is 6.54 Å². The van der Waals surface area contributed by atoms with E-state index in [1.54, 1.807) is 0 Å². The van der Waals surface area contributed by atoms with Crippen LogP contribution in [0.25, 0.3) is 11.0 Å². The first-order chi connectivity index (χ1) is 9.83. The molecule has 1 amide bonds. The van der Waals surface area contributed by atoms with E-state index in [0.29, 0.717) is 12.4 Å². The number of hydrogen-bond acceptors (Lipinski definition) is 2. The topological polar surface area (TPSA) is 57.8 Å². The minimum atomic E-state index is -0.169. The van der Waals surface area contributed by atoms with Gasteiger partial charge in [-0.15, -0.1) is 0 Å². The molecule has 0 radical (unpaired) electrons. The van der Waals surface area contributed by atoms with E-state index in [2.05, 4.69) is 15.3 Å². The van der Waals surface area contributed by atoms with Crippen LogP contribution in [0.15, 0.2) is 54.6 Å². The van der Waals surface area contributed by atoms with Gasteiger partial charge in [-0.1, -0.05) is 42.5 Å². The van der Waals surface area contributed by atoms with Crippen LogP contribution < -0.4 is 5.32 Å². The Hall–Kier alpha value is -2.62. The van der Waals surface area contributed by atoms with Crippen LogP contribution in [0.4, 0.5) is 0 Å². The SMILES string of the molecule is O=C(NCCc1ccccc1)c1nc2ccccc2[nH]1. The molecule has 2 aromatic carbocycles. The van der Waals surface area contributed by atoms with Gasteiger partial charge in [0.05, 0.1) is 11.0 Å². The Morgan fingerprint density at radius 2 is 1.80 bits per heavy atom. The summed E-state index contributed by atoms with van der Waals surface area (Å²) in [6, 6.07) is 17.7. The maximum absolute atomic E-state index is 12.0. The molecule has 0 saturated carbocycles. The summed E-state index contributed by atoms with van der Waals surface area (Å²) in [6.07, 6.45) is 0.812. The largest absolute Gasteiger partial charge is 0.349 e. The lowest BCUT2D eigenvalue weighted by Crippen LogP contribution is -2.26. The van der Waals surface area contributed by atoms with Gasteiger partial charge < -0.3 is 10.3 Å². The third kappa shape index (κ3) is 2.69. The number of aromatic amines is 1. The van der Waals surface area contributed by atoms with Crippen molar-refractivity contribution in [1.82, 2.24) is 15.3 Å². The highest BCUT2D eigenvalue weighted by Crippen LogP contribution is 2.10. The fraction of sp³-hybridized carbons (Fsp3) is 0.125. The zero-order valence-corrected chi connectivity index (χ0v) is 11.0. The molecule has 20 heavy (non-hydrogen) atoms. The molecule has 0 atom stereocenters. The van der Waals surface area contributed by atoms with Crippen molar-refractivity contribution in [3.05, 3.63) is 66.0 Å². The van der Waals surface area contributed by atoms with Crippen molar-refractivity contribution in [2.45, 2.75) is 6.42 Å². The summed E-state index contributed by atoms with van der Waals surface area (Å²) in [7, 11) is 0. The third-order valence-electron chi connectivity index (χ3n) is 3.15. The molecule has 0 saturated heterocycles. The van der Waals surface area contributed by atoms with Gasteiger partial charge in [0.2, 0.25) is 0 Å². The molecular weight excluding hydrogens is 250 g/mol. The Bertz CT molecular complexity index is 686. The van der Waals surface area contributed by atoms with E-state index in [1.165, 1.54) is 5.56 Å². The van der Waals surface area contributed by atoms with Crippen LogP contribution in [0.1, 0.15) is 16.2 Å². The number of aromatic nitrogens is 2. The van der Waals surface area contributed by atoms with Gasteiger partial charge in [-0.05, 0) is 24.1 Å². The molecule has 4 heteroatoms. The number of imidazole rings is 1. The number of carbonyl (C=O) groups is 1. The number of hydrogen-bond donors (Lipinski definition) is 2. The zero-order chi connectivity index (χ0) is 13.8. The van der Waals surface area contributed by atoms with E-state index in [-0.39, 0.29) is 5.91 Å². The first-order valence-corrected chi connectivity index (χ1v) is 6.60. The lowest BCUT2D eigenvalue weighted by molar-refractivity contribution is 0.0945. The second kappa shape index (κ2) is 5.57. The Morgan fingerprint density at radius 3 is 2.60 bits per heavy atom. The molecule has 1 heterocycles. The van der Waals surface area contributed by atoms with Crippen LogP contribution in [0.5, 0.6) is 0 Å². The van der Waals surface area contributed by atoms with Crippen molar-refractivity contribution in [2.24, 2.45) is 0 Å². The average molecular weight is 265 g/mol. The number of amides is 1. The summed E-state index contributed by atoms with van der Waals surface area (Å²) in [5, 5.41) is 2.88. The highest BCUT2D eigenvalue weighted by Gasteiger charge is 2.10. The Balaban J connectivity index is 1.61. The van der Waals surface area contributed by atoms with Crippen molar-refractivity contribution < 1.29 is 4.79 Å². The summed E-state index contributed by atoms with van der Waals surface area (Å²) in [4.78, 5) is 19.3. The van der Waals surface area contributed by atoms with Gasteiger partial charge in [-0.2, -0.15) is 0 Å². The lowest BCUT2D eigenvalue weighted by Gasteiger charge is -2.03. The summed E-state index contributed by atoms with van der Waals surface area (Å²) in [5.74, 6) is 0.191. The van der Waals surface area contributed by atoms with Crippen molar-refractivity contribution >= 4 is 16.9 Å². The quantitative estimate of drug-likeness (QED) is 0.761. The molecular formula is C16H15N3O. The van der Waals surface area contributed by atoms with Crippen molar-refractivity contribution in [1.29, 1.82) is 0 Å². The molecule has 0 fully saturated rings. The summed E-state index contributed by atoms with van der Waals surface area (Å²) < 4.78 is 0. The monoisotopic (exact) mass is 265 g/mol. The second-order valence-electron chi connectivity index (χ2n) is 4.59. The van der Waals surface area contributed by atoms with Crippen molar-refractivity contribution in [3.8, 4) is 0 Å². The van der Waals surface area contributed by atoms with Crippen LogP contribution in [0, 0.1) is 0 Å². The number of para-hydroxylation sites is 2. The molecule has 0 aliphatic carbocycles. The smallest absolute Gasteiger partial charge is 0.287 e. The maximum atomic E-state index is 12.0. The fourth-order valence-corrected chi connectivity index (χ4v) is 2.11. The summed E-state index contributed by atoms with van der Waals surface area (Å²) >= 11 is 0. The van der Waals surface area contributed by atoms with E-state index >= 15 is 0 Å². The second-order valence-corrected chi connectivity index (χ2v) is 4.59. The first kappa shape index (κ1) is 12.4. The molecule has 0 bridgehead atoms. The van der Waals surface area contributed by atoms with Gasteiger partial charge in [0.1, 0.15) is 0 Å². The molecule has 0 unspecified atom stereocenters. The molecule has 3 aromatic rings. The Morgan fingerprint density at radius 1 is 1.05 bits per heavy atom. The lowest BCUT2D eigenvalue weighted by atomic mass is 10.1. The standard InChI is InChI=1S/C16H15N3O/c20-16(17-11-10-12-6-2-1-3-7-12)15-18-13-8-4-5-9-14(13)19-15/h1-9H,10-11H2,(H,17,20)(H,18,19). The van der Waals surface area contributed by atoms with Crippen LogP contribution in [0.2, 0.25) is 0 Å². The van der Waals surface area contributed by atoms with Gasteiger partial charge in [-0.25, -0.2) is 4.98 Å². The zero-order valence-electron chi connectivity index (χ0n) is 11.0. The molecule has 3 rings (SSSR count). The molecule has 0 spiro atoms.